The van der Waals surface area contributed by atoms with Crippen molar-refractivity contribution in [2.24, 2.45) is 5.92 Å². The minimum atomic E-state index is -0.707. The molecule has 2 atom stereocenters. The Kier molecular flexibility index (Phi) is 4.32. The highest BCUT2D eigenvalue weighted by atomic mass is 35.5. The van der Waals surface area contributed by atoms with Gasteiger partial charge in [-0.2, -0.15) is 0 Å². The Morgan fingerprint density at radius 3 is 2.89 bits per heavy atom. The minimum absolute atomic E-state index is 0.0900. The van der Waals surface area contributed by atoms with Crippen molar-refractivity contribution < 1.29 is 15.0 Å². The summed E-state index contributed by atoms with van der Waals surface area (Å²) in [7, 11) is 0. The van der Waals surface area contributed by atoms with E-state index in [4.69, 9.17) is 16.7 Å². The molecule has 1 saturated heterocycles. The molecule has 19 heavy (non-hydrogen) atoms. The number of aromatic hydroxyl groups is 1. The summed E-state index contributed by atoms with van der Waals surface area (Å²) in [4.78, 5) is 13.2. The van der Waals surface area contributed by atoms with Crippen molar-refractivity contribution >= 4 is 17.6 Å². The molecule has 2 rings (SSSR count). The van der Waals surface area contributed by atoms with Crippen LogP contribution in [-0.4, -0.2) is 33.7 Å². The zero-order valence-electron chi connectivity index (χ0n) is 10.8. The highest BCUT2D eigenvalue weighted by molar-refractivity contribution is 6.32. The Hall–Kier alpha value is -1.26. The van der Waals surface area contributed by atoms with Crippen molar-refractivity contribution in [3.8, 4) is 5.75 Å². The van der Waals surface area contributed by atoms with Crippen LogP contribution in [0.15, 0.2) is 18.2 Å². The van der Waals surface area contributed by atoms with Crippen molar-refractivity contribution in [3.05, 3.63) is 28.8 Å². The Morgan fingerprint density at radius 1 is 1.53 bits per heavy atom. The van der Waals surface area contributed by atoms with E-state index in [-0.39, 0.29) is 17.7 Å². The lowest BCUT2D eigenvalue weighted by Crippen LogP contribution is -2.42. The number of piperidine rings is 1. The molecule has 0 aliphatic carbocycles. The van der Waals surface area contributed by atoms with Gasteiger partial charge in [-0.25, -0.2) is 0 Å². The smallest absolute Gasteiger partial charge is 0.306 e. The van der Waals surface area contributed by atoms with E-state index in [0.29, 0.717) is 24.4 Å². The number of hydrogen-bond donors (Lipinski definition) is 2. The summed E-state index contributed by atoms with van der Waals surface area (Å²) in [5, 5.41) is 19.0. The highest BCUT2D eigenvalue weighted by Gasteiger charge is 2.29. The lowest BCUT2D eigenvalue weighted by Gasteiger charge is -2.36. The molecule has 104 valence electrons. The van der Waals surface area contributed by atoms with Gasteiger partial charge < -0.3 is 10.2 Å². The van der Waals surface area contributed by atoms with Gasteiger partial charge in [-0.1, -0.05) is 23.7 Å². The van der Waals surface area contributed by atoms with Gasteiger partial charge in [-0.05, 0) is 37.9 Å². The number of carboxylic acid groups (broad SMARTS) is 1. The molecule has 0 spiro atoms. The first kappa shape index (κ1) is 14.2. The molecule has 0 aromatic heterocycles. The Bertz CT molecular complexity index is 478. The molecule has 1 aromatic rings. The average molecular weight is 284 g/mol. The molecule has 0 saturated carbocycles. The van der Waals surface area contributed by atoms with Gasteiger partial charge in [0.2, 0.25) is 0 Å². The number of carbonyl (C=O) groups is 1. The van der Waals surface area contributed by atoms with Gasteiger partial charge in [0.05, 0.1) is 10.9 Å². The van der Waals surface area contributed by atoms with Crippen LogP contribution in [0.5, 0.6) is 5.75 Å². The van der Waals surface area contributed by atoms with Crippen LogP contribution in [0.2, 0.25) is 5.02 Å². The summed E-state index contributed by atoms with van der Waals surface area (Å²) in [6, 6.07) is 5.42. The van der Waals surface area contributed by atoms with Crippen molar-refractivity contribution in [1.82, 2.24) is 4.90 Å². The maximum Gasteiger partial charge on any atom is 0.306 e. The molecule has 0 unspecified atom stereocenters. The largest absolute Gasteiger partial charge is 0.506 e. The van der Waals surface area contributed by atoms with Crippen LogP contribution in [0.25, 0.3) is 0 Å². The maximum atomic E-state index is 11.0. The minimum Gasteiger partial charge on any atom is -0.506 e. The van der Waals surface area contributed by atoms with Crippen LogP contribution in [0, 0.1) is 5.92 Å². The number of hydrogen-bond acceptors (Lipinski definition) is 3. The number of aliphatic carboxylic acids is 1. The molecule has 5 heteroatoms. The van der Waals surface area contributed by atoms with Crippen LogP contribution in [0.4, 0.5) is 0 Å². The van der Waals surface area contributed by atoms with Crippen LogP contribution < -0.4 is 0 Å². The quantitative estimate of drug-likeness (QED) is 0.895. The Labute approximate surface area is 117 Å². The van der Waals surface area contributed by atoms with Gasteiger partial charge in [0.15, 0.2) is 0 Å². The van der Waals surface area contributed by atoms with Gasteiger partial charge >= 0.3 is 5.97 Å². The number of carboxylic acids is 1. The summed E-state index contributed by atoms with van der Waals surface area (Å²) in [5.74, 6) is -0.861. The number of halogens is 1. The molecule has 1 aliphatic heterocycles. The fourth-order valence-electron chi connectivity index (χ4n) is 2.59. The number of likely N-dealkylation sites (tertiary alicyclic amines) is 1. The number of rotatable bonds is 3. The molecule has 2 N–H and O–H groups in total. The van der Waals surface area contributed by atoms with E-state index in [9.17, 15) is 9.90 Å². The van der Waals surface area contributed by atoms with E-state index in [0.717, 1.165) is 12.1 Å². The third-order valence-corrected chi connectivity index (χ3v) is 4.23. The van der Waals surface area contributed by atoms with E-state index in [2.05, 4.69) is 4.90 Å². The standard InChI is InChI=1S/C14H18ClNO3/c1-9-7-10(14(18)19)5-6-16(9)8-11-3-2-4-12(17)13(11)15/h2-4,9-10,17H,5-8H2,1H3,(H,18,19)/t9-,10-/m1/s1. The molecule has 1 heterocycles. The second-order valence-electron chi connectivity index (χ2n) is 5.13. The van der Waals surface area contributed by atoms with Crippen molar-refractivity contribution in [2.75, 3.05) is 6.54 Å². The van der Waals surface area contributed by atoms with E-state index in [1.165, 1.54) is 0 Å². The molecule has 1 aromatic carbocycles. The Morgan fingerprint density at radius 2 is 2.26 bits per heavy atom. The monoisotopic (exact) mass is 283 g/mol. The zero-order valence-corrected chi connectivity index (χ0v) is 11.6. The number of phenols is 1. The van der Waals surface area contributed by atoms with Crippen LogP contribution in [0.3, 0.4) is 0 Å². The maximum absolute atomic E-state index is 11.0. The van der Waals surface area contributed by atoms with Gasteiger partial charge in [0.1, 0.15) is 5.75 Å². The summed E-state index contributed by atoms with van der Waals surface area (Å²) in [6.45, 7) is 3.41. The van der Waals surface area contributed by atoms with Gasteiger partial charge in [-0.15, -0.1) is 0 Å². The molecular formula is C14H18ClNO3. The SMILES string of the molecule is C[C@@H]1C[C@H](C(=O)O)CCN1Cc1cccc(O)c1Cl. The molecular weight excluding hydrogens is 266 g/mol. The average Bonchev–Trinajstić information content (AvgIpc) is 2.37. The van der Waals surface area contributed by atoms with Crippen molar-refractivity contribution in [1.29, 1.82) is 0 Å². The number of nitrogens with zero attached hydrogens (tertiary/aromatic N) is 1. The first-order valence-corrected chi connectivity index (χ1v) is 6.80. The first-order valence-electron chi connectivity index (χ1n) is 6.42. The van der Waals surface area contributed by atoms with Crippen LogP contribution in [0.1, 0.15) is 25.3 Å². The van der Waals surface area contributed by atoms with Gasteiger partial charge in [0.25, 0.3) is 0 Å². The molecule has 1 fully saturated rings. The van der Waals surface area contributed by atoms with Crippen LogP contribution >= 0.6 is 11.6 Å². The van der Waals surface area contributed by atoms with E-state index < -0.39 is 5.97 Å². The lowest BCUT2D eigenvalue weighted by molar-refractivity contribution is -0.144. The normalized spacial score (nSPS) is 24.3. The number of phenolic OH excluding ortho intramolecular Hbond substituents is 1. The van der Waals surface area contributed by atoms with Crippen LogP contribution in [-0.2, 0) is 11.3 Å². The van der Waals surface area contributed by atoms with Gasteiger partial charge in [-0.3, -0.25) is 9.69 Å². The summed E-state index contributed by atoms with van der Waals surface area (Å²) in [5.41, 5.74) is 0.877. The second kappa shape index (κ2) is 5.80. The topological polar surface area (TPSA) is 60.8 Å². The fourth-order valence-corrected chi connectivity index (χ4v) is 2.77. The molecule has 1 aliphatic rings. The Balaban J connectivity index is 2.04. The van der Waals surface area contributed by atoms with Gasteiger partial charge in [0, 0.05) is 12.6 Å². The highest BCUT2D eigenvalue weighted by Crippen LogP contribution is 2.30. The third kappa shape index (κ3) is 3.19. The summed E-state index contributed by atoms with van der Waals surface area (Å²) in [6.07, 6.45) is 1.32. The molecule has 0 radical (unpaired) electrons. The fraction of sp³-hybridized carbons (Fsp3) is 0.500. The van der Waals surface area contributed by atoms with E-state index in [1.54, 1.807) is 12.1 Å². The summed E-state index contributed by atoms with van der Waals surface area (Å²) >= 11 is 6.07. The summed E-state index contributed by atoms with van der Waals surface area (Å²) < 4.78 is 0. The molecule has 0 bridgehead atoms. The third-order valence-electron chi connectivity index (χ3n) is 3.79. The first-order chi connectivity index (χ1) is 8.99. The van der Waals surface area contributed by atoms with E-state index in [1.807, 2.05) is 13.0 Å². The van der Waals surface area contributed by atoms with Crippen molar-refractivity contribution in [2.45, 2.75) is 32.4 Å². The van der Waals surface area contributed by atoms with E-state index >= 15 is 0 Å². The lowest BCUT2D eigenvalue weighted by atomic mass is 9.91. The molecule has 4 nitrogen and oxygen atoms in total. The molecule has 0 amide bonds. The zero-order chi connectivity index (χ0) is 14.0. The predicted octanol–water partition coefficient (Wildman–Crippen LogP) is 2.73. The van der Waals surface area contributed by atoms with Crippen molar-refractivity contribution in [3.63, 3.8) is 0 Å². The number of benzene rings is 1. The predicted molar refractivity (Wildman–Crippen MR) is 73.3 cm³/mol. The second-order valence-corrected chi connectivity index (χ2v) is 5.51.